The lowest BCUT2D eigenvalue weighted by Crippen LogP contribution is -2.30. The van der Waals surface area contributed by atoms with Crippen molar-refractivity contribution < 1.29 is 23.8 Å². The van der Waals surface area contributed by atoms with Crippen LogP contribution in [0.1, 0.15) is 278 Å². The molecule has 0 rings (SSSR count). The van der Waals surface area contributed by atoms with Gasteiger partial charge in [0.05, 0.1) is 6.61 Å². The summed E-state index contributed by atoms with van der Waals surface area (Å²) in [4.78, 5) is 25.0. The van der Waals surface area contributed by atoms with Crippen LogP contribution in [0.4, 0.5) is 0 Å². The molecular weight excluding hydrogens is 669 g/mol. The summed E-state index contributed by atoms with van der Waals surface area (Å²) >= 11 is 0. The van der Waals surface area contributed by atoms with Gasteiger partial charge in [0.25, 0.3) is 0 Å². The molecule has 0 fully saturated rings. The van der Waals surface area contributed by atoms with E-state index >= 15 is 0 Å². The van der Waals surface area contributed by atoms with E-state index in [0.717, 1.165) is 38.5 Å². The van der Waals surface area contributed by atoms with Gasteiger partial charge in [-0.15, -0.1) is 0 Å². The molecule has 54 heavy (non-hydrogen) atoms. The van der Waals surface area contributed by atoms with Gasteiger partial charge < -0.3 is 14.2 Å². The maximum absolute atomic E-state index is 12.5. The highest BCUT2D eigenvalue weighted by atomic mass is 16.6. The minimum absolute atomic E-state index is 0.0953. The fourth-order valence-electron chi connectivity index (χ4n) is 7.45. The first-order valence-corrected chi connectivity index (χ1v) is 24.6. The highest BCUT2D eigenvalue weighted by Crippen LogP contribution is 2.16. The standard InChI is InChI=1S/C49H96O5/c1-4-7-10-13-15-17-19-21-22-23-24-25-26-27-29-31-33-35-38-41-44-52-45-47(54-49(51)43-40-36-12-9-6-3)46-53-48(50)42-39-37-34-32-30-28-20-18-16-14-11-8-5-2/h47H,4-46H2,1-3H3. The molecule has 0 bridgehead atoms. The van der Waals surface area contributed by atoms with Gasteiger partial charge >= 0.3 is 11.9 Å². The Morgan fingerprint density at radius 3 is 0.944 bits per heavy atom. The van der Waals surface area contributed by atoms with E-state index in [1.807, 2.05) is 0 Å². The summed E-state index contributed by atoms with van der Waals surface area (Å²) < 4.78 is 17.2. The van der Waals surface area contributed by atoms with Gasteiger partial charge in [0.15, 0.2) is 6.10 Å². The van der Waals surface area contributed by atoms with Gasteiger partial charge in [-0.2, -0.15) is 0 Å². The first-order valence-electron chi connectivity index (χ1n) is 24.6. The molecule has 0 N–H and O–H groups in total. The third-order valence-corrected chi connectivity index (χ3v) is 11.1. The normalized spacial score (nSPS) is 12.0. The van der Waals surface area contributed by atoms with Crippen LogP contribution in [0.2, 0.25) is 0 Å². The number of carbonyl (C=O) groups is 2. The van der Waals surface area contributed by atoms with Crippen molar-refractivity contribution in [3.8, 4) is 0 Å². The van der Waals surface area contributed by atoms with Crippen molar-refractivity contribution in [2.75, 3.05) is 19.8 Å². The largest absolute Gasteiger partial charge is 0.462 e. The zero-order valence-electron chi connectivity index (χ0n) is 37.0. The Bertz CT molecular complexity index is 740. The molecule has 0 aliphatic carbocycles. The van der Waals surface area contributed by atoms with E-state index in [1.54, 1.807) is 0 Å². The zero-order valence-corrected chi connectivity index (χ0v) is 37.0. The lowest BCUT2D eigenvalue weighted by molar-refractivity contribution is -0.163. The molecule has 1 atom stereocenters. The molecule has 0 radical (unpaired) electrons. The number of ether oxygens (including phenoxy) is 3. The Morgan fingerprint density at radius 2 is 0.611 bits per heavy atom. The molecule has 1 unspecified atom stereocenters. The van der Waals surface area contributed by atoms with Crippen molar-refractivity contribution in [3.63, 3.8) is 0 Å². The third kappa shape index (κ3) is 43.6. The maximum Gasteiger partial charge on any atom is 0.306 e. The van der Waals surface area contributed by atoms with Crippen molar-refractivity contribution in [3.05, 3.63) is 0 Å². The summed E-state index contributed by atoms with van der Waals surface area (Å²) in [7, 11) is 0. The Balaban J connectivity index is 3.93. The summed E-state index contributed by atoms with van der Waals surface area (Å²) in [6.07, 6.45) is 50.0. The maximum atomic E-state index is 12.5. The molecule has 0 saturated heterocycles. The summed E-state index contributed by atoms with van der Waals surface area (Å²) in [5, 5.41) is 0. The molecule has 0 heterocycles. The van der Waals surface area contributed by atoms with Crippen molar-refractivity contribution >= 4 is 11.9 Å². The van der Waals surface area contributed by atoms with Gasteiger partial charge in [0, 0.05) is 19.4 Å². The minimum atomic E-state index is -0.520. The third-order valence-electron chi connectivity index (χ3n) is 11.1. The van der Waals surface area contributed by atoms with Crippen LogP contribution in [0.3, 0.4) is 0 Å². The first kappa shape index (κ1) is 52.9. The highest BCUT2D eigenvalue weighted by molar-refractivity contribution is 5.70. The molecule has 0 amide bonds. The fraction of sp³-hybridized carbons (Fsp3) is 0.959. The second kappa shape index (κ2) is 46.3. The molecule has 0 spiro atoms. The lowest BCUT2D eigenvalue weighted by Gasteiger charge is -2.18. The summed E-state index contributed by atoms with van der Waals surface area (Å²) in [5.41, 5.74) is 0. The number of hydrogen-bond donors (Lipinski definition) is 0. The van der Waals surface area contributed by atoms with E-state index < -0.39 is 6.10 Å². The number of carbonyl (C=O) groups excluding carboxylic acids is 2. The number of unbranched alkanes of at least 4 members (excludes halogenated alkanes) is 35. The van der Waals surface area contributed by atoms with E-state index in [0.29, 0.717) is 26.1 Å². The van der Waals surface area contributed by atoms with E-state index in [9.17, 15) is 9.59 Å². The predicted molar refractivity (Wildman–Crippen MR) is 233 cm³/mol. The van der Waals surface area contributed by atoms with Crippen molar-refractivity contribution in [2.24, 2.45) is 0 Å². The Kier molecular flexibility index (Phi) is 45.3. The van der Waals surface area contributed by atoms with Gasteiger partial charge in [-0.05, 0) is 19.3 Å². The number of hydrogen-bond acceptors (Lipinski definition) is 5. The smallest absolute Gasteiger partial charge is 0.306 e. The Hall–Kier alpha value is -1.10. The number of esters is 2. The quantitative estimate of drug-likeness (QED) is 0.0456. The van der Waals surface area contributed by atoms with Crippen LogP contribution >= 0.6 is 0 Å². The van der Waals surface area contributed by atoms with Gasteiger partial charge in [0.1, 0.15) is 6.61 Å². The topological polar surface area (TPSA) is 61.8 Å². The van der Waals surface area contributed by atoms with Crippen LogP contribution in [-0.2, 0) is 23.8 Å². The molecule has 0 saturated carbocycles. The average molecular weight is 765 g/mol. The van der Waals surface area contributed by atoms with Gasteiger partial charge in [-0.1, -0.05) is 245 Å². The molecule has 0 aliphatic rings. The summed E-state index contributed by atoms with van der Waals surface area (Å²) in [6, 6.07) is 0. The molecule has 322 valence electrons. The molecule has 0 aliphatic heterocycles. The predicted octanol–water partition coefficient (Wildman–Crippen LogP) is 16.1. The SMILES string of the molecule is CCCCCCCCCCCCCCCCCCCCCCOCC(COC(=O)CCCCCCCCCCCCCCC)OC(=O)CCCCCCC. The van der Waals surface area contributed by atoms with E-state index in [2.05, 4.69) is 20.8 Å². The molecule has 5 heteroatoms. The molecule has 0 aromatic heterocycles. The monoisotopic (exact) mass is 765 g/mol. The van der Waals surface area contributed by atoms with E-state index in [4.69, 9.17) is 14.2 Å². The van der Waals surface area contributed by atoms with Crippen LogP contribution in [-0.4, -0.2) is 37.9 Å². The molecule has 5 nitrogen and oxygen atoms in total. The number of rotatable bonds is 46. The van der Waals surface area contributed by atoms with Crippen LogP contribution in [0.15, 0.2) is 0 Å². The summed E-state index contributed by atoms with van der Waals surface area (Å²) in [5.74, 6) is -0.390. The van der Waals surface area contributed by atoms with E-state index in [1.165, 1.54) is 205 Å². The minimum Gasteiger partial charge on any atom is -0.462 e. The van der Waals surface area contributed by atoms with Crippen LogP contribution in [0.25, 0.3) is 0 Å². The van der Waals surface area contributed by atoms with Crippen molar-refractivity contribution in [1.29, 1.82) is 0 Å². The Morgan fingerprint density at radius 1 is 0.333 bits per heavy atom. The lowest BCUT2D eigenvalue weighted by atomic mass is 10.0. The van der Waals surface area contributed by atoms with E-state index in [-0.39, 0.29) is 18.5 Å². The van der Waals surface area contributed by atoms with Crippen molar-refractivity contribution in [1.82, 2.24) is 0 Å². The van der Waals surface area contributed by atoms with Crippen LogP contribution in [0, 0.1) is 0 Å². The zero-order chi connectivity index (χ0) is 39.3. The van der Waals surface area contributed by atoms with Gasteiger partial charge in [-0.25, -0.2) is 0 Å². The molecule has 0 aromatic carbocycles. The molecule has 0 aromatic rings. The molecular formula is C49H96O5. The van der Waals surface area contributed by atoms with Gasteiger partial charge in [0.2, 0.25) is 0 Å². The summed E-state index contributed by atoms with van der Waals surface area (Å²) in [6.45, 7) is 7.82. The fourth-order valence-corrected chi connectivity index (χ4v) is 7.45. The van der Waals surface area contributed by atoms with Crippen molar-refractivity contribution in [2.45, 2.75) is 284 Å². The second-order valence-electron chi connectivity index (χ2n) is 16.7. The Labute approximate surface area is 338 Å². The van der Waals surface area contributed by atoms with Gasteiger partial charge in [-0.3, -0.25) is 9.59 Å². The average Bonchev–Trinajstić information content (AvgIpc) is 3.17. The highest BCUT2D eigenvalue weighted by Gasteiger charge is 2.17. The van der Waals surface area contributed by atoms with Crippen LogP contribution in [0.5, 0.6) is 0 Å². The first-order chi connectivity index (χ1) is 26.6. The van der Waals surface area contributed by atoms with Crippen LogP contribution < -0.4 is 0 Å². The second-order valence-corrected chi connectivity index (χ2v) is 16.7.